The van der Waals surface area contributed by atoms with Crippen LogP contribution in [0.15, 0.2) is 46.0 Å². The van der Waals surface area contributed by atoms with Gasteiger partial charge in [-0.2, -0.15) is 10.1 Å². The molecule has 0 radical (unpaired) electrons. The Morgan fingerprint density at radius 3 is 2.35 bits per heavy atom. The summed E-state index contributed by atoms with van der Waals surface area (Å²) in [6.07, 6.45) is 12.5. The molecule has 40 heavy (non-hydrogen) atoms. The van der Waals surface area contributed by atoms with Crippen LogP contribution < -0.4 is 11.1 Å². The minimum absolute atomic E-state index is 0.0296. The van der Waals surface area contributed by atoms with E-state index in [9.17, 15) is 24.0 Å². The first kappa shape index (κ1) is 27.4. The van der Waals surface area contributed by atoms with Gasteiger partial charge in [0.1, 0.15) is 6.54 Å². The second-order valence-electron chi connectivity index (χ2n) is 10.6. The molecular formula is C28H34N6O6. The third-order valence-corrected chi connectivity index (χ3v) is 7.85. The Labute approximate surface area is 231 Å². The summed E-state index contributed by atoms with van der Waals surface area (Å²) in [4.78, 5) is 72.1. The van der Waals surface area contributed by atoms with Crippen LogP contribution in [0.4, 0.5) is 15.3 Å². The molecule has 2 aromatic rings. The summed E-state index contributed by atoms with van der Waals surface area (Å²) in [5.74, 6) is -1.27. The van der Waals surface area contributed by atoms with Crippen LogP contribution in [0.5, 0.6) is 0 Å². The number of nitrogens with one attached hydrogen (secondary N) is 2. The molecule has 1 aromatic heterocycles. The number of rotatable bonds is 8. The molecule has 12 heteroatoms. The Balaban J connectivity index is 1.34. The number of benzene rings is 1. The average Bonchev–Trinajstić information content (AvgIpc) is 3.55. The number of H-pyrrole nitrogens is 1. The Hall–Kier alpha value is -4.22. The van der Waals surface area contributed by atoms with Crippen LogP contribution in [-0.2, 0) is 9.59 Å². The number of Topliss-reactive ketones (excluding diaryl/α,β-unsaturated/α-hetero) is 1. The van der Waals surface area contributed by atoms with Crippen molar-refractivity contribution in [1.82, 2.24) is 24.8 Å². The lowest BCUT2D eigenvalue weighted by Gasteiger charge is -2.31. The normalized spacial score (nSPS) is 19.1. The molecule has 0 bridgehead atoms. The second kappa shape index (κ2) is 12.3. The van der Waals surface area contributed by atoms with E-state index in [2.05, 4.69) is 20.0 Å². The third-order valence-electron chi connectivity index (χ3n) is 7.85. The van der Waals surface area contributed by atoms with Gasteiger partial charge < -0.3 is 9.84 Å². The van der Waals surface area contributed by atoms with Crippen LogP contribution in [0.2, 0.25) is 0 Å². The van der Waals surface area contributed by atoms with Crippen molar-refractivity contribution >= 4 is 29.4 Å². The van der Waals surface area contributed by atoms with Gasteiger partial charge in [0.05, 0.1) is 6.54 Å². The Kier molecular flexibility index (Phi) is 8.42. The molecule has 0 saturated heterocycles. The number of nitrogens with zero attached hydrogens (tertiary/aromatic N) is 4. The van der Waals surface area contributed by atoms with Crippen molar-refractivity contribution in [2.75, 3.05) is 18.4 Å². The maximum atomic E-state index is 13.7. The van der Waals surface area contributed by atoms with Gasteiger partial charge >= 0.3 is 17.8 Å². The maximum Gasteiger partial charge on any atom is 0.460 e. The van der Waals surface area contributed by atoms with Crippen molar-refractivity contribution in [3.8, 4) is 11.4 Å². The lowest BCUT2D eigenvalue weighted by atomic mass is 10.0. The summed E-state index contributed by atoms with van der Waals surface area (Å²) in [5, 5.41) is 5.13. The number of carbonyl (C=O) groups is 4. The van der Waals surface area contributed by atoms with Gasteiger partial charge in [-0.05, 0) is 37.8 Å². The molecule has 0 unspecified atom stereocenters. The van der Waals surface area contributed by atoms with E-state index < -0.39 is 30.3 Å². The van der Waals surface area contributed by atoms with Gasteiger partial charge in [0.15, 0.2) is 11.6 Å². The highest BCUT2D eigenvalue weighted by Crippen LogP contribution is 2.28. The average molecular weight is 551 g/mol. The van der Waals surface area contributed by atoms with E-state index in [1.165, 1.54) is 11.1 Å². The van der Waals surface area contributed by atoms with Crippen molar-refractivity contribution in [3.05, 3.63) is 47.2 Å². The molecule has 12 nitrogen and oxygen atoms in total. The molecule has 5 rings (SSSR count). The number of hydrogen-bond acceptors (Lipinski definition) is 7. The molecule has 0 atom stereocenters. The molecule has 1 aromatic carbocycles. The summed E-state index contributed by atoms with van der Waals surface area (Å²) < 4.78 is 4.61. The predicted octanol–water partition coefficient (Wildman–Crippen LogP) is 4.08. The number of amides is 5. The first-order valence-electron chi connectivity index (χ1n) is 14.0. The molecule has 2 heterocycles. The molecule has 212 valence electrons. The molecule has 2 N–H and O–H groups in total. The summed E-state index contributed by atoms with van der Waals surface area (Å²) >= 11 is 0. The zero-order valence-electron chi connectivity index (χ0n) is 22.3. The van der Waals surface area contributed by atoms with Crippen molar-refractivity contribution in [2.45, 2.75) is 70.3 Å². The van der Waals surface area contributed by atoms with Crippen LogP contribution in [0.25, 0.3) is 11.4 Å². The molecular weight excluding hydrogens is 516 g/mol. The fraction of sp³-hybridized carbons (Fsp3) is 0.500. The number of aromatic nitrogens is 2. The number of hydrogen-bond donors (Lipinski definition) is 2. The Morgan fingerprint density at radius 1 is 0.925 bits per heavy atom. The van der Waals surface area contributed by atoms with E-state index in [1.807, 2.05) is 0 Å². The van der Waals surface area contributed by atoms with E-state index in [1.54, 1.807) is 35.4 Å². The highest BCUT2D eigenvalue weighted by Gasteiger charge is 2.37. The lowest BCUT2D eigenvalue weighted by molar-refractivity contribution is -0.122. The monoisotopic (exact) mass is 550 g/mol. The van der Waals surface area contributed by atoms with Gasteiger partial charge in [0, 0.05) is 35.6 Å². The standard InChI is InChI=1S/C28H34N6O6/c35-23(19-8-5-6-9-19)17-32-14-15-33(22-12-3-1-2-4-13-22)28(39)34(27(32)38)18-24(36)29-21-11-7-10-20(16-21)25-30-26(37)40-31-25/h7,10-11,14-16,19,22H,1-6,8-9,12-13,17-18H2,(H,29,36)(H,30,31,37). The number of imide groups is 1. The van der Waals surface area contributed by atoms with Crippen molar-refractivity contribution in [3.63, 3.8) is 0 Å². The van der Waals surface area contributed by atoms with Crippen LogP contribution in [0.1, 0.15) is 64.2 Å². The summed E-state index contributed by atoms with van der Waals surface area (Å²) in [6.45, 7) is -0.663. The SMILES string of the molecule is O=C(CN1C(=O)N(CC(=O)C2CCCC2)C=CN(C2CCCCCC2)C1=O)Nc1cccc(-c2nc(=O)o[nH]2)c1. The molecule has 2 saturated carbocycles. The summed E-state index contributed by atoms with van der Waals surface area (Å²) in [7, 11) is 0. The van der Waals surface area contributed by atoms with E-state index in [-0.39, 0.29) is 30.1 Å². The molecule has 1 aliphatic heterocycles. The highest BCUT2D eigenvalue weighted by atomic mass is 16.5. The zero-order valence-corrected chi connectivity index (χ0v) is 22.3. The molecule has 3 aliphatic rings. The third kappa shape index (κ3) is 6.32. The van der Waals surface area contributed by atoms with Crippen molar-refractivity contribution in [2.24, 2.45) is 5.92 Å². The largest absolute Gasteiger partial charge is 0.460 e. The van der Waals surface area contributed by atoms with Crippen LogP contribution >= 0.6 is 0 Å². The highest BCUT2D eigenvalue weighted by molar-refractivity contribution is 6.03. The van der Waals surface area contributed by atoms with Crippen LogP contribution in [-0.4, -0.2) is 67.7 Å². The van der Waals surface area contributed by atoms with Gasteiger partial charge in [0.2, 0.25) is 5.91 Å². The quantitative estimate of drug-likeness (QED) is 0.470. The maximum absolute atomic E-state index is 13.7. The van der Waals surface area contributed by atoms with Crippen molar-refractivity contribution < 1.29 is 23.7 Å². The van der Waals surface area contributed by atoms with Gasteiger partial charge in [-0.15, -0.1) is 0 Å². The number of urea groups is 2. The van der Waals surface area contributed by atoms with Gasteiger partial charge in [-0.1, -0.05) is 50.7 Å². The fourth-order valence-corrected chi connectivity index (χ4v) is 5.71. The van der Waals surface area contributed by atoms with Gasteiger partial charge in [-0.25, -0.2) is 19.3 Å². The molecule has 2 fully saturated rings. The Morgan fingerprint density at radius 2 is 1.65 bits per heavy atom. The van der Waals surface area contributed by atoms with E-state index in [0.717, 1.165) is 69.1 Å². The minimum Gasteiger partial charge on any atom is -0.325 e. The first-order chi connectivity index (χ1) is 19.4. The first-order valence-corrected chi connectivity index (χ1v) is 14.0. The van der Waals surface area contributed by atoms with E-state index in [4.69, 9.17) is 0 Å². The van der Waals surface area contributed by atoms with Gasteiger partial charge in [-0.3, -0.25) is 19.4 Å². The lowest BCUT2D eigenvalue weighted by Crippen LogP contribution is -2.52. The summed E-state index contributed by atoms with van der Waals surface area (Å²) in [6, 6.07) is 5.20. The number of aromatic amines is 1. The van der Waals surface area contributed by atoms with Crippen molar-refractivity contribution in [1.29, 1.82) is 0 Å². The smallest absolute Gasteiger partial charge is 0.325 e. The number of carbonyl (C=O) groups excluding carboxylic acids is 4. The number of anilines is 1. The number of ketones is 1. The van der Waals surface area contributed by atoms with Crippen LogP contribution in [0, 0.1) is 5.92 Å². The second-order valence-corrected chi connectivity index (χ2v) is 10.6. The zero-order chi connectivity index (χ0) is 28.1. The van der Waals surface area contributed by atoms with Gasteiger partial charge in [0.25, 0.3) is 0 Å². The van der Waals surface area contributed by atoms with E-state index >= 15 is 0 Å². The fourth-order valence-electron chi connectivity index (χ4n) is 5.71. The topological polar surface area (TPSA) is 149 Å². The minimum atomic E-state index is -0.773. The van der Waals surface area contributed by atoms with Crippen LogP contribution in [0.3, 0.4) is 0 Å². The summed E-state index contributed by atoms with van der Waals surface area (Å²) in [5.41, 5.74) is 0.888. The predicted molar refractivity (Wildman–Crippen MR) is 145 cm³/mol. The molecule has 0 spiro atoms. The van der Waals surface area contributed by atoms with E-state index in [0.29, 0.717) is 11.3 Å². The molecule has 2 aliphatic carbocycles. The molecule has 5 amide bonds. The Bertz CT molecular complexity index is 1330.